The van der Waals surface area contributed by atoms with E-state index in [9.17, 15) is 4.79 Å². The van der Waals surface area contributed by atoms with Gasteiger partial charge < -0.3 is 15.4 Å². The van der Waals surface area contributed by atoms with E-state index in [1.165, 1.54) is 0 Å². The number of likely N-dealkylation sites (tertiary alicyclic amines) is 1. The molecule has 0 bridgehead atoms. The fourth-order valence-corrected chi connectivity index (χ4v) is 2.20. The number of carbonyl (C=O) groups excluding carboxylic acids is 1. The monoisotopic (exact) mass is 260 g/mol. The fraction of sp³-hybridized carbons (Fsp3) is 0.400. The lowest BCUT2D eigenvalue weighted by Crippen LogP contribution is -2.30. The summed E-state index contributed by atoms with van der Waals surface area (Å²) in [5, 5.41) is 0. The average Bonchev–Trinajstić information content (AvgIpc) is 2.85. The van der Waals surface area contributed by atoms with Crippen molar-refractivity contribution in [3.05, 3.63) is 35.9 Å². The first-order valence-electron chi connectivity index (χ1n) is 6.47. The highest BCUT2D eigenvalue weighted by atomic mass is 16.5. The van der Waals surface area contributed by atoms with Gasteiger partial charge in [-0.3, -0.25) is 4.79 Å². The first kappa shape index (κ1) is 13.6. The molecule has 0 spiro atoms. The molecule has 1 saturated heterocycles. The van der Waals surface area contributed by atoms with E-state index < -0.39 is 0 Å². The van der Waals surface area contributed by atoms with Gasteiger partial charge >= 0.3 is 0 Å². The van der Waals surface area contributed by atoms with E-state index in [0.29, 0.717) is 6.54 Å². The molecule has 0 aliphatic carbocycles. The smallest absolute Gasteiger partial charge is 0.246 e. The standard InChI is InChI=1S/C15H20N2O2/c1-11(12-3-5-14(19-2)6-4-12)9-15(18)17-8-7-13(16)10-17/h3-6,9,13H,7-8,10,16H2,1-2H3. The van der Waals surface area contributed by atoms with Crippen molar-refractivity contribution in [3.8, 4) is 5.75 Å². The molecule has 19 heavy (non-hydrogen) atoms. The molecule has 1 amide bonds. The summed E-state index contributed by atoms with van der Waals surface area (Å²) in [6, 6.07) is 7.81. The van der Waals surface area contributed by atoms with E-state index in [1.807, 2.05) is 31.2 Å². The van der Waals surface area contributed by atoms with Crippen molar-refractivity contribution in [2.75, 3.05) is 20.2 Å². The molecule has 0 aromatic heterocycles. The highest BCUT2D eigenvalue weighted by molar-refractivity contribution is 5.95. The largest absolute Gasteiger partial charge is 0.497 e. The van der Waals surface area contributed by atoms with E-state index in [1.54, 1.807) is 18.1 Å². The minimum atomic E-state index is 0.0428. The molecule has 4 heteroatoms. The van der Waals surface area contributed by atoms with Crippen LogP contribution in [0, 0.1) is 0 Å². The molecule has 0 saturated carbocycles. The third kappa shape index (κ3) is 3.35. The van der Waals surface area contributed by atoms with Crippen LogP contribution in [0.1, 0.15) is 18.9 Å². The van der Waals surface area contributed by atoms with Crippen molar-refractivity contribution in [2.24, 2.45) is 5.73 Å². The lowest BCUT2D eigenvalue weighted by Gasteiger charge is -2.13. The number of hydrogen-bond acceptors (Lipinski definition) is 3. The van der Waals surface area contributed by atoms with Crippen molar-refractivity contribution in [1.29, 1.82) is 0 Å². The Bertz CT molecular complexity index is 479. The third-order valence-corrected chi connectivity index (χ3v) is 3.42. The number of allylic oxidation sites excluding steroid dienone is 1. The maximum atomic E-state index is 12.1. The quantitative estimate of drug-likeness (QED) is 0.841. The van der Waals surface area contributed by atoms with Gasteiger partial charge in [-0.05, 0) is 36.6 Å². The number of methoxy groups -OCH3 is 1. The summed E-state index contributed by atoms with van der Waals surface area (Å²) in [6.45, 7) is 3.35. The molecular formula is C15H20N2O2. The zero-order chi connectivity index (χ0) is 13.8. The van der Waals surface area contributed by atoms with Crippen molar-refractivity contribution >= 4 is 11.5 Å². The minimum Gasteiger partial charge on any atom is -0.497 e. The zero-order valence-electron chi connectivity index (χ0n) is 11.4. The van der Waals surface area contributed by atoms with Gasteiger partial charge in [0.25, 0.3) is 0 Å². The summed E-state index contributed by atoms with van der Waals surface area (Å²) in [6.07, 6.45) is 2.57. The zero-order valence-corrected chi connectivity index (χ0v) is 11.4. The van der Waals surface area contributed by atoms with Crippen molar-refractivity contribution in [3.63, 3.8) is 0 Å². The number of nitrogens with zero attached hydrogens (tertiary/aromatic N) is 1. The highest BCUT2D eigenvalue weighted by Gasteiger charge is 2.22. The van der Waals surface area contributed by atoms with Crippen molar-refractivity contribution in [1.82, 2.24) is 4.90 Å². The molecule has 0 radical (unpaired) electrons. The number of ether oxygens (including phenoxy) is 1. The van der Waals surface area contributed by atoms with E-state index >= 15 is 0 Å². The minimum absolute atomic E-state index is 0.0428. The maximum Gasteiger partial charge on any atom is 0.246 e. The van der Waals surface area contributed by atoms with E-state index in [2.05, 4.69) is 0 Å². The van der Waals surface area contributed by atoms with Crippen molar-refractivity contribution < 1.29 is 9.53 Å². The number of amides is 1. The Balaban J connectivity index is 2.07. The van der Waals surface area contributed by atoms with Gasteiger partial charge in [-0.2, -0.15) is 0 Å². The molecule has 2 N–H and O–H groups in total. The Kier molecular flexibility index (Phi) is 4.22. The fourth-order valence-electron chi connectivity index (χ4n) is 2.20. The lowest BCUT2D eigenvalue weighted by atomic mass is 10.1. The van der Waals surface area contributed by atoms with E-state index in [-0.39, 0.29) is 11.9 Å². The van der Waals surface area contributed by atoms with E-state index in [0.717, 1.165) is 29.9 Å². The predicted octanol–water partition coefficient (Wildman–Crippen LogP) is 1.66. The van der Waals surface area contributed by atoms with Crippen molar-refractivity contribution in [2.45, 2.75) is 19.4 Å². The second-order valence-corrected chi connectivity index (χ2v) is 4.89. The van der Waals surface area contributed by atoms with Gasteiger partial charge in [-0.25, -0.2) is 0 Å². The molecule has 4 nitrogen and oxygen atoms in total. The Morgan fingerprint density at radius 2 is 2.11 bits per heavy atom. The molecule has 1 aromatic rings. The lowest BCUT2D eigenvalue weighted by molar-refractivity contribution is -0.125. The van der Waals surface area contributed by atoms with Crippen LogP contribution in [0.5, 0.6) is 5.75 Å². The van der Waals surface area contributed by atoms with Crippen LogP contribution in [0.15, 0.2) is 30.3 Å². The summed E-state index contributed by atoms with van der Waals surface area (Å²) in [5.41, 5.74) is 7.79. The van der Waals surface area contributed by atoms with Crippen LogP contribution in [0.4, 0.5) is 0 Å². The number of carbonyl (C=O) groups is 1. The first-order valence-corrected chi connectivity index (χ1v) is 6.47. The van der Waals surface area contributed by atoms with Crippen LogP contribution in [0.3, 0.4) is 0 Å². The molecule has 1 aliphatic heterocycles. The molecule has 102 valence electrons. The van der Waals surface area contributed by atoms with Crippen LogP contribution in [-0.2, 0) is 4.79 Å². The van der Waals surface area contributed by atoms with Crippen LogP contribution in [0.2, 0.25) is 0 Å². The second-order valence-electron chi connectivity index (χ2n) is 4.89. The number of hydrogen-bond donors (Lipinski definition) is 1. The average molecular weight is 260 g/mol. The van der Waals surface area contributed by atoms with Crippen LogP contribution in [-0.4, -0.2) is 37.0 Å². The SMILES string of the molecule is COc1ccc(C(C)=CC(=O)N2CCC(N)C2)cc1. The number of benzene rings is 1. The summed E-state index contributed by atoms with van der Waals surface area (Å²) in [5.74, 6) is 0.856. The molecule has 1 atom stereocenters. The summed E-state index contributed by atoms with van der Waals surface area (Å²) in [4.78, 5) is 13.9. The van der Waals surface area contributed by atoms with Gasteiger partial charge in [0.15, 0.2) is 0 Å². The van der Waals surface area contributed by atoms with Crippen LogP contribution < -0.4 is 10.5 Å². The Morgan fingerprint density at radius 1 is 1.42 bits per heavy atom. The first-order chi connectivity index (χ1) is 9.10. The summed E-state index contributed by atoms with van der Waals surface area (Å²) in [7, 11) is 1.64. The van der Waals surface area contributed by atoms with E-state index in [4.69, 9.17) is 10.5 Å². The molecule has 1 heterocycles. The molecule has 1 fully saturated rings. The highest BCUT2D eigenvalue weighted by Crippen LogP contribution is 2.19. The third-order valence-electron chi connectivity index (χ3n) is 3.42. The van der Waals surface area contributed by atoms with Crippen LogP contribution in [0.25, 0.3) is 5.57 Å². The molecule has 1 unspecified atom stereocenters. The molecule has 1 aromatic carbocycles. The maximum absolute atomic E-state index is 12.1. The van der Waals surface area contributed by atoms with Gasteiger partial charge in [0.05, 0.1) is 7.11 Å². The molecule has 1 aliphatic rings. The molecule has 2 rings (SSSR count). The topological polar surface area (TPSA) is 55.6 Å². The number of nitrogens with two attached hydrogens (primary N) is 1. The normalized spacial score (nSPS) is 19.6. The second kappa shape index (κ2) is 5.89. The Morgan fingerprint density at radius 3 is 2.63 bits per heavy atom. The van der Waals surface area contributed by atoms with Gasteiger partial charge in [-0.15, -0.1) is 0 Å². The predicted molar refractivity (Wildman–Crippen MR) is 75.8 cm³/mol. The summed E-state index contributed by atoms with van der Waals surface area (Å²) < 4.78 is 5.11. The van der Waals surface area contributed by atoms with Gasteiger partial charge in [0.2, 0.25) is 5.91 Å². The Hall–Kier alpha value is -1.81. The van der Waals surface area contributed by atoms with Gasteiger partial charge in [-0.1, -0.05) is 12.1 Å². The number of rotatable bonds is 3. The molecular weight excluding hydrogens is 240 g/mol. The summed E-state index contributed by atoms with van der Waals surface area (Å²) >= 11 is 0. The Labute approximate surface area is 113 Å². The van der Waals surface area contributed by atoms with Gasteiger partial charge in [0.1, 0.15) is 5.75 Å². The van der Waals surface area contributed by atoms with Crippen LogP contribution >= 0.6 is 0 Å². The van der Waals surface area contributed by atoms with Gasteiger partial charge in [0, 0.05) is 25.2 Å².